The van der Waals surface area contributed by atoms with Gasteiger partial charge in [-0.3, -0.25) is 4.79 Å². The van der Waals surface area contributed by atoms with E-state index >= 15 is 0 Å². The molecule has 1 heterocycles. The minimum atomic E-state index is -0.706. The summed E-state index contributed by atoms with van der Waals surface area (Å²) in [7, 11) is 0. The second-order valence-corrected chi connectivity index (χ2v) is 4.77. The molecule has 0 fully saturated rings. The van der Waals surface area contributed by atoms with Gasteiger partial charge in [-0.2, -0.15) is 4.39 Å². The highest BCUT2D eigenvalue weighted by atomic mass is 79.9. The van der Waals surface area contributed by atoms with Crippen LogP contribution in [-0.2, 0) is 0 Å². The number of carbonyl (C=O) groups is 1. The lowest BCUT2D eigenvalue weighted by molar-refractivity contribution is 0.102. The molecule has 1 amide bonds. The van der Waals surface area contributed by atoms with Gasteiger partial charge in [0, 0.05) is 22.3 Å². The standard InChI is InChI=1S/C12H7BrClFN2O/c13-8-1-2-9(14)10(6-8)17-12(18)7-3-4-16-11(15)5-7/h1-6H,(H,17,18). The van der Waals surface area contributed by atoms with Crippen molar-refractivity contribution in [1.82, 2.24) is 4.98 Å². The van der Waals surface area contributed by atoms with E-state index in [-0.39, 0.29) is 5.56 Å². The normalized spacial score (nSPS) is 10.2. The van der Waals surface area contributed by atoms with Crippen molar-refractivity contribution in [2.75, 3.05) is 5.32 Å². The van der Waals surface area contributed by atoms with Gasteiger partial charge >= 0.3 is 0 Å². The van der Waals surface area contributed by atoms with Crippen molar-refractivity contribution in [2.45, 2.75) is 0 Å². The van der Waals surface area contributed by atoms with Crippen LogP contribution in [0, 0.1) is 5.95 Å². The Morgan fingerprint density at radius 2 is 2.11 bits per heavy atom. The molecule has 0 spiro atoms. The number of benzene rings is 1. The second kappa shape index (κ2) is 5.46. The van der Waals surface area contributed by atoms with Crippen LogP contribution in [0.3, 0.4) is 0 Å². The summed E-state index contributed by atoms with van der Waals surface area (Å²) in [6.07, 6.45) is 1.23. The fourth-order valence-electron chi connectivity index (χ4n) is 1.33. The molecule has 3 nitrogen and oxygen atoms in total. The summed E-state index contributed by atoms with van der Waals surface area (Å²) in [5.41, 5.74) is 0.631. The van der Waals surface area contributed by atoms with Crippen LogP contribution in [0.2, 0.25) is 5.02 Å². The van der Waals surface area contributed by atoms with Gasteiger partial charge in [-0.15, -0.1) is 0 Å². The van der Waals surface area contributed by atoms with Gasteiger partial charge in [0.1, 0.15) is 0 Å². The van der Waals surface area contributed by atoms with Crippen LogP contribution < -0.4 is 5.32 Å². The SMILES string of the molecule is O=C(Nc1cc(Br)ccc1Cl)c1ccnc(F)c1. The number of hydrogen-bond donors (Lipinski definition) is 1. The van der Waals surface area contributed by atoms with E-state index in [2.05, 4.69) is 26.2 Å². The Morgan fingerprint density at radius 3 is 2.83 bits per heavy atom. The highest BCUT2D eigenvalue weighted by molar-refractivity contribution is 9.10. The molecule has 1 aromatic heterocycles. The smallest absolute Gasteiger partial charge is 0.255 e. The zero-order chi connectivity index (χ0) is 13.1. The zero-order valence-electron chi connectivity index (χ0n) is 8.95. The van der Waals surface area contributed by atoms with Gasteiger partial charge in [-0.1, -0.05) is 27.5 Å². The van der Waals surface area contributed by atoms with E-state index in [9.17, 15) is 9.18 Å². The molecule has 0 aliphatic carbocycles. The molecule has 18 heavy (non-hydrogen) atoms. The fourth-order valence-corrected chi connectivity index (χ4v) is 1.86. The number of halogens is 3. The quantitative estimate of drug-likeness (QED) is 0.849. The molecular weight excluding hydrogens is 322 g/mol. The van der Waals surface area contributed by atoms with Gasteiger partial charge in [-0.25, -0.2) is 4.98 Å². The van der Waals surface area contributed by atoms with Gasteiger partial charge in [0.05, 0.1) is 10.7 Å². The number of aromatic nitrogens is 1. The topological polar surface area (TPSA) is 42.0 Å². The Hall–Kier alpha value is -1.46. The molecule has 0 aliphatic heterocycles. The van der Waals surface area contributed by atoms with Gasteiger partial charge in [0.25, 0.3) is 5.91 Å². The molecule has 2 aromatic rings. The molecule has 92 valence electrons. The maximum absolute atomic E-state index is 12.9. The Kier molecular flexibility index (Phi) is 3.93. The van der Waals surface area contributed by atoms with Crippen molar-refractivity contribution >= 4 is 39.1 Å². The zero-order valence-corrected chi connectivity index (χ0v) is 11.3. The monoisotopic (exact) mass is 328 g/mol. The van der Waals surface area contributed by atoms with Crippen LogP contribution >= 0.6 is 27.5 Å². The second-order valence-electron chi connectivity index (χ2n) is 3.45. The first-order chi connectivity index (χ1) is 8.56. The molecule has 6 heteroatoms. The van der Waals surface area contributed by atoms with Gasteiger partial charge < -0.3 is 5.32 Å². The summed E-state index contributed by atoms with van der Waals surface area (Å²) >= 11 is 9.21. The molecule has 1 aromatic carbocycles. The van der Waals surface area contributed by atoms with Crippen molar-refractivity contribution in [3.63, 3.8) is 0 Å². The van der Waals surface area contributed by atoms with Gasteiger partial charge in [0.2, 0.25) is 5.95 Å². The number of anilines is 1. The number of carbonyl (C=O) groups excluding carboxylic acids is 1. The van der Waals surface area contributed by atoms with Crippen molar-refractivity contribution in [3.8, 4) is 0 Å². The van der Waals surface area contributed by atoms with E-state index in [1.54, 1.807) is 18.2 Å². The predicted octanol–water partition coefficient (Wildman–Crippen LogP) is 3.89. The minimum Gasteiger partial charge on any atom is -0.321 e. The van der Waals surface area contributed by atoms with Crippen LogP contribution in [-0.4, -0.2) is 10.9 Å². The summed E-state index contributed by atoms with van der Waals surface area (Å²) in [6, 6.07) is 7.54. The third-order valence-corrected chi connectivity index (χ3v) is 2.99. The third-order valence-electron chi connectivity index (χ3n) is 2.17. The molecule has 0 aliphatic rings. The van der Waals surface area contributed by atoms with Crippen molar-refractivity contribution < 1.29 is 9.18 Å². The number of pyridine rings is 1. The van der Waals surface area contributed by atoms with E-state index in [1.807, 2.05) is 0 Å². The Balaban J connectivity index is 2.24. The van der Waals surface area contributed by atoms with Crippen molar-refractivity contribution in [1.29, 1.82) is 0 Å². The minimum absolute atomic E-state index is 0.179. The lowest BCUT2D eigenvalue weighted by atomic mass is 10.2. The molecule has 2 rings (SSSR count). The molecular formula is C12H7BrClFN2O. The molecule has 1 N–H and O–H groups in total. The highest BCUT2D eigenvalue weighted by Crippen LogP contribution is 2.26. The van der Waals surface area contributed by atoms with Crippen molar-refractivity contribution in [2.24, 2.45) is 0 Å². The predicted molar refractivity (Wildman–Crippen MR) is 71.3 cm³/mol. The summed E-state index contributed by atoms with van der Waals surface area (Å²) in [5, 5.41) is 3.00. The van der Waals surface area contributed by atoms with Crippen LogP contribution in [0.1, 0.15) is 10.4 Å². The number of nitrogens with zero attached hydrogens (tertiary/aromatic N) is 1. The van der Waals surface area contributed by atoms with Crippen molar-refractivity contribution in [3.05, 3.63) is 57.5 Å². The maximum atomic E-state index is 12.9. The van der Waals surface area contributed by atoms with E-state index in [0.717, 1.165) is 10.5 Å². The molecule has 0 saturated heterocycles. The molecule has 0 bridgehead atoms. The number of nitrogens with one attached hydrogen (secondary N) is 1. The summed E-state index contributed by atoms with van der Waals surface area (Å²) < 4.78 is 13.7. The van der Waals surface area contributed by atoms with Crippen LogP contribution in [0.25, 0.3) is 0 Å². The number of amides is 1. The molecule has 0 radical (unpaired) electrons. The Morgan fingerprint density at radius 1 is 1.33 bits per heavy atom. The first-order valence-electron chi connectivity index (χ1n) is 4.94. The van der Waals surface area contributed by atoms with E-state index in [0.29, 0.717) is 10.7 Å². The van der Waals surface area contributed by atoms with Crippen LogP contribution in [0.4, 0.5) is 10.1 Å². The number of rotatable bonds is 2. The van der Waals surface area contributed by atoms with E-state index in [1.165, 1.54) is 12.3 Å². The van der Waals surface area contributed by atoms with E-state index in [4.69, 9.17) is 11.6 Å². The Bertz CT molecular complexity index is 606. The van der Waals surface area contributed by atoms with Crippen LogP contribution in [0.15, 0.2) is 41.0 Å². The lowest BCUT2D eigenvalue weighted by Gasteiger charge is -2.07. The average Bonchev–Trinajstić information content (AvgIpc) is 2.34. The number of hydrogen-bond acceptors (Lipinski definition) is 2. The first kappa shape index (κ1) is 13.0. The summed E-state index contributed by atoms with van der Waals surface area (Å²) in [4.78, 5) is 15.2. The highest BCUT2D eigenvalue weighted by Gasteiger charge is 2.09. The van der Waals surface area contributed by atoms with E-state index < -0.39 is 11.9 Å². The molecule has 0 unspecified atom stereocenters. The Labute approximate surface area is 116 Å². The summed E-state index contributed by atoms with van der Waals surface area (Å²) in [5.74, 6) is -1.15. The first-order valence-corrected chi connectivity index (χ1v) is 6.11. The maximum Gasteiger partial charge on any atom is 0.255 e. The average molecular weight is 330 g/mol. The molecule has 0 saturated carbocycles. The lowest BCUT2D eigenvalue weighted by Crippen LogP contribution is -2.12. The molecule has 0 atom stereocenters. The summed E-state index contributed by atoms with van der Waals surface area (Å²) in [6.45, 7) is 0. The van der Waals surface area contributed by atoms with Gasteiger partial charge in [0.15, 0.2) is 0 Å². The van der Waals surface area contributed by atoms with Gasteiger partial charge in [-0.05, 0) is 24.3 Å². The van der Waals surface area contributed by atoms with Crippen LogP contribution in [0.5, 0.6) is 0 Å². The largest absolute Gasteiger partial charge is 0.321 e. The fraction of sp³-hybridized carbons (Fsp3) is 0. The third kappa shape index (κ3) is 3.05.